The van der Waals surface area contributed by atoms with E-state index in [0.29, 0.717) is 11.4 Å². The molecule has 1 N–H and O–H groups in total. The maximum absolute atomic E-state index is 13.5. The van der Waals surface area contributed by atoms with Crippen LogP contribution in [0.3, 0.4) is 0 Å². The van der Waals surface area contributed by atoms with Gasteiger partial charge in [0, 0.05) is 30.4 Å². The number of halogens is 2. The van der Waals surface area contributed by atoms with Crippen LogP contribution in [0.25, 0.3) is 0 Å². The first-order chi connectivity index (χ1) is 9.61. The molecule has 0 saturated carbocycles. The maximum atomic E-state index is 13.5. The second kappa shape index (κ2) is 6.50. The fourth-order valence-electron chi connectivity index (χ4n) is 2.00. The molecule has 0 bridgehead atoms. The minimum absolute atomic E-state index is 0.216. The number of hydrogen-bond donors (Lipinski definition) is 1. The van der Waals surface area contributed by atoms with Crippen LogP contribution in [0, 0.1) is 18.6 Å². The van der Waals surface area contributed by atoms with Crippen LogP contribution in [0.4, 0.5) is 14.6 Å². The smallest absolute Gasteiger partial charge is 0.163 e. The molecule has 0 saturated heterocycles. The van der Waals surface area contributed by atoms with Gasteiger partial charge in [0.25, 0.3) is 0 Å². The number of unbranched alkanes of at least 4 members (excludes halogenated alkanes) is 1. The molecule has 1 aromatic heterocycles. The Morgan fingerprint density at radius 3 is 2.85 bits per heavy atom. The number of nitrogens with one attached hydrogen (secondary N) is 1. The molecule has 0 atom stereocenters. The molecule has 5 heteroatoms. The second-order valence-electron chi connectivity index (χ2n) is 4.81. The van der Waals surface area contributed by atoms with Crippen molar-refractivity contribution < 1.29 is 8.78 Å². The van der Waals surface area contributed by atoms with E-state index in [0.717, 1.165) is 31.1 Å². The number of benzene rings is 1. The van der Waals surface area contributed by atoms with Gasteiger partial charge in [-0.25, -0.2) is 8.78 Å². The van der Waals surface area contributed by atoms with Crippen LogP contribution >= 0.6 is 0 Å². The highest BCUT2D eigenvalue weighted by Crippen LogP contribution is 2.15. The van der Waals surface area contributed by atoms with Crippen LogP contribution in [0.5, 0.6) is 0 Å². The van der Waals surface area contributed by atoms with Gasteiger partial charge in [-0.3, -0.25) is 4.68 Å². The molecule has 2 aromatic rings. The lowest BCUT2D eigenvalue weighted by Crippen LogP contribution is -2.05. The number of hydrogen-bond acceptors (Lipinski definition) is 2. The van der Waals surface area contributed by atoms with Crippen LogP contribution in [-0.2, 0) is 13.1 Å². The van der Waals surface area contributed by atoms with Gasteiger partial charge in [-0.2, -0.15) is 5.10 Å². The molecular formula is C15H19F2N3. The van der Waals surface area contributed by atoms with E-state index < -0.39 is 11.6 Å². The van der Waals surface area contributed by atoms with Gasteiger partial charge in [0.2, 0.25) is 0 Å². The highest BCUT2D eigenvalue weighted by molar-refractivity contribution is 5.37. The van der Waals surface area contributed by atoms with Crippen molar-refractivity contribution in [1.29, 1.82) is 0 Å². The highest BCUT2D eigenvalue weighted by atomic mass is 19.2. The zero-order chi connectivity index (χ0) is 14.5. The first-order valence-electron chi connectivity index (χ1n) is 6.83. The molecule has 0 aliphatic carbocycles. The molecule has 2 rings (SSSR count). The molecule has 0 aliphatic heterocycles. The van der Waals surface area contributed by atoms with E-state index in [1.165, 1.54) is 6.07 Å². The predicted octanol–water partition coefficient (Wildman–Crippen LogP) is 3.88. The van der Waals surface area contributed by atoms with Crippen molar-refractivity contribution in [3.05, 3.63) is 47.2 Å². The van der Waals surface area contributed by atoms with E-state index in [1.807, 2.05) is 17.7 Å². The van der Waals surface area contributed by atoms with Crippen molar-refractivity contribution in [1.82, 2.24) is 9.78 Å². The van der Waals surface area contributed by atoms with Gasteiger partial charge < -0.3 is 5.32 Å². The van der Waals surface area contributed by atoms with Crippen molar-refractivity contribution in [2.45, 2.75) is 39.8 Å². The Bertz CT molecular complexity index is 578. The van der Waals surface area contributed by atoms with Gasteiger partial charge in [0.05, 0.1) is 0 Å². The summed E-state index contributed by atoms with van der Waals surface area (Å²) in [4.78, 5) is 0. The van der Waals surface area contributed by atoms with E-state index in [4.69, 9.17) is 0 Å². The number of aryl methyl sites for hydroxylation is 2. The summed E-state index contributed by atoms with van der Waals surface area (Å²) in [5.41, 5.74) is 1.35. The third-order valence-corrected chi connectivity index (χ3v) is 3.20. The van der Waals surface area contributed by atoms with Gasteiger partial charge in [0.15, 0.2) is 11.6 Å². The molecular weight excluding hydrogens is 260 g/mol. The zero-order valence-electron chi connectivity index (χ0n) is 11.8. The summed E-state index contributed by atoms with van der Waals surface area (Å²) < 4.78 is 28.5. The monoisotopic (exact) mass is 279 g/mol. The third-order valence-electron chi connectivity index (χ3n) is 3.20. The number of anilines is 1. The Morgan fingerprint density at radius 1 is 1.30 bits per heavy atom. The van der Waals surface area contributed by atoms with Crippen LogP contribution < -0.4 is 5.32 Å². The lowest BCUT2D eigenvalue weighted by molar-refractivity contribution is 0.500. The van der Waals surface area contributed by atoms with E-state index in [9.17, 15) is 8.78 Å². The lowest BCUT2D eigenvalue weighted by atomic mass is 10.2. The molecule has 0 fully saturated rings. The summed E-state index contributed by atoms with van der Waals surface area (Å²) in [6.07, 6.45) is 2.18. The first-order valence-corrected chi connectivity index (χ1v) is 6.83. The topological polar surface area (TPSA) is 29.9 Å². The summed E-state index contributed by atoms with van der Waals surface area (Å²) in [6.45, 7) is 5.20. The summed E-state index contributed by atoms with van der Waals surface area (Å²) in [7, 11) is 0. The second-order valence-corrected chi connectivity index (χ2v) is 4.81. The molecule has 1 aromatic carbocycles. The largest absolute Gasteiger partial charge is 0.364 e. The van der Waals surface area contributed by atoms with Crippen LogP contribution in [0.15, 0.2) is 24.3 Å². The summed E-state index contributed by atoms with van der Waals surface area (Å²) in [6, 6.07) is 6.09. The average molecular weight is 279 g/mol. The Labute approximate surface area is 117 Å². The average Bonchev–Trinajstić information content (AvgIpc) is 2.78. The Hall–Kier alpha value is -1.91. The van der Waals surface area contributed by atoms with Crippen LogP contribution in [0.1, 0.15) is 31.0 Å². The Morgan fingerprint density at radius 2 is 2.10 bits per heavy atom. The normalized spacial score (nSPS) is 10.8. The Balaban J connectivity index is 2.02. The van der Waals surface area contributed by atoms with E-state index in [-0.39, 0.29) is 6.54 Å². The maximum Gasteiger partial charge on any atom is 0.163 e. The van der Waals surface area contributed by atoms with E-state index in [1.54, 1.807) is 6.07 Å². The van der Waals surface area contributed by atoms with E-state index >= 15 is 0 Å². The van der Waals surface area contributed by atoms with E-state index in [2.05, 4.69) is 17.3 Å². The molecule has 108 valence electrons. The summed E-state index contributed by atoms with van der Waals surface area (Å²) in [5.74, 6) is -0.946. The summed E-state index contributed by atoms with van der Waals surface area (Å²) >= 11 is 0. The summed E-state index contributed by atoms with van der Waals surface area (Å²) in [5, 5.41) is 7.43. The number of aromatic nitrogens is 2. The van der Waals surface area contributed by atoms with Gasteiger partial charge in [-0.1, -0.05) is 25.5 Å². The fourth-order valence-corrected chi connectivity index (χ4v) is 2.00. The van der Waals surface area contributed by atoms with Crippen molar-refractivity contribution in [3.63, 3.8) is 0 Å². The molecule has 0 amide bonds. The molecule has 20 heavy (non-hydrogen) atoms. The third kappa shape index (κ3) is 3.35. The van der Waals surface area contributed by atoms with Gasteiger partial charge in [-0.15, -0.1) is 0 Å². The standard InChI is InChI=1S/C15H19F2N3/c1-3-4-8-20-11(2)9-14(19-20)18-10-12-6-5-7-13(16)15(12)17/h5-7,9H,3-4,8,10H2,1-2H3,(H,18,19). The van der Waals surface area contributed by atoms with Crippen LogP contribution in [-0.4, -0.2) is 9.78 Å². The minimum atomic E-state index is -0.825. The predicted molar refractivity (Wildman–Crippen MR) is 75.6 cm³/mol. The van der Waals surface area contributed by atoms with Gasteiger partial charge in [0.1, 0.15) is 5.82 Å². The van der Waals surface area contributed by atoms with Crippen molar-refractivity contribution in [3.8, 4) is 0 Å². The molecule has 0 aliphatic rings. The Kier molecular flexibility index (Phi) is 4.71. The minimum Gasteiger partial charge on any atom is -0.364 e. The highest BCUT2D eigenvalue weighted by Gasteiger charge is 2.08. The fraction of sp³-hybridized carbons (Fsp3) is 0.400. The zero-order valence-corrected chi connectivity index (χ0v) is 11.8. The number of nitrogens with zero attached hydrogens (tertiary/aromatic N) is 2. The van der Waals surface area contributed by atoms with Crippen LogP contribution in [0.2, 0.25) is 0 Å². The van der Waals surface area contributed by atoms with Crippen molar-refractivity contribution >= 4 is 5.82 Å². The van der Waals surface area contributed by atoms with Gasteiger partial charge >= 0.3 is 0 Å². The molecule has 3 nitrogen and oxygen atoms in total. The van der Waals surface area contributed by atoms with Crippen molar-refractivity contribution in [2.24, 2.45) is 0 Å². The van der Waals surface area contributed by atoms with Gasteiger partial charge in [-0.05, 0) is 19.4 Å². The molecule has 1 heterocycles. The SMILES string of the molecule is CCCCn1nc(NCc2cccc(F)c2F)cc1C. The first kappa shape index (κ1) is 14.5. The molecule has 0 unspecified atom stereocenters. The quantitative estimate of drug-likeness (QED) is 0.869. The number of rotatable bonds is 6. The lowest BCUT2D eigenvalue weighted by Gasteiger charge is -2.05. The molecule has 0 spiro atoms. The van der Waals surface area contributed by atoms with Crippen molar-refractivity contribution in [2.75, 3.05) is 5.32 Å². The molecule has 0 radical (unpaired) electrons.